The second kappa shape index (κ2) is 5.77. The molecule has 0 bridgehead atoms. The first-order chi connectivity index (χ1) is 11.3. The van der Waals surface area contributed by atoms with Crippen molar-refractivity contribution in [3.8, 4) is 11.3 Å². The molecule has 1 saturated heterocycles. The van der Waals surface area contributed by atoms with Crippen LogP contribution in [0.4, 0.5) is 5.95 Å². The minimum Gasteiger partial charge on any atom is -0.391 e. The van der Waals surface area contributed by atoms with E-state index in [1.807, 2.05) is 5.38 Å². The van der Waals surface area contributed by atoms with Crippen LogP contribution in [0.25, 0.3) is 11.0 Å². The third-order valence-corrected chi connectivity index (χ3v) is 4.09. The van der Waals surface area contributed by atoms with Gasteiger partial charge in [-0.05, 0) is 30.5 Å². The lowest BCUT2D eigenvalue weighted by atomic mass is 9.93. The molecule has 0 spiro atoms. The predicted molar refractivity (Wildman–Crippen MR) is 84.9 cm³/mol. The van der Waals surface area contributed by atoms with Crippen molar-refractivity contribution in [1.29, 1.82) is 0 Å². The van der Waals surface area contributed by atoms with Gasteiger partial charge >= 0.3 is 0 Å². The first-order valence-corrected chi connectivity index (χ1v) is 7.40. The quantitative estimate of drug-likeness (QED) is 0.429. The van der Waals surface area contributed by atoms with E-state index in [-0.39, 0.29) is 17.0 Å². The van der Waals surface area contributed by atoms with Crippen LogP contribution in [-0.4, -0.2) is 53.8 Å². The van der Waals surface area contributed by atoms with Crippen LogP contribution in [-0.2, 0) is 4.74 Å². The summed E-state index contributed by atoms with van der Waals surface area (Å²) in [5.41, 5.74) is 3.11. The topological polar surface area (TPSA) is 147 Å². The maximum Gasteiger partial charge on any atom is 0.261 e. The highest BCUT2D eigenvalue weighted by Gasteiger charge is 2.57. The van der Waals surface area contributed by atoms with Gasteiger partial charge in [-0.3, -0.25) is 9.78 Å². The fourth-order valence-corrected chi connectivity index (χ4v) is 2.99. The average Bonchev–Trinajstić information content (AvgIpc) is 3.00. The molecule has 0 aliphatic carbocycles. The number of H-pyrrole nitrogens is 1. The molecular weight excluding hydrogens is 340 g/mol. The molecule has 0 saturated carbocycles. The van der Waals surface area contributed by atoms with Crippen LogP contribution in [0, 0.1) is 11.3 Å². The molecular formula is C14H15ClN4O5. The zero-order chi connectivity index (χ0) is 17.6. The van der Waals surface area contributed by atoms with Crippen molar-refractivity contribution >= 4 is 28.6 Å². The summed E-state index contributed by atoms with van der Waals surface area (Å²) in [4.78, 5) is 18.3. The number of halogens is 1. The first-order valence-electron chi connectivity index (χ1n) is 7.02. The van der Waals surface area contributed by atoms with Crippen LogP contribution >= 0.6 is 11.6 Å². The first kappa shape index (κ1) is 16.8. The van der Waals surface area contributed by atoms with Crippen LogP contribution in [0.5, 0.6) is 0 Å². The summed E-state index contributed by atoms with van der Waals surface area (Å²) >= 11 is 5.41. The van der Waals surface area contributed by atoms with E-state index in [1.54, 1.807) is 0 Å². The minimum atomic E-state index is -2.12. The second-order valence-electron chi connectivity index (χ2n) is 5.59. The van der Waals surface area contributed by atoms with E-state index in [0.717, 1.165) is 0 Å². The summed E-state index contributed by atoms with van der Waals surface area (Å²) in [5, 5.41) is 33.1. The Morgan fingerprint density at radius 1 is 1.62 bits per heavy atom. The van der Waals surface area contributed by atoms with Crippen molar-refractivity contribution in [3.63, 3.8) is 0 Å². The highest BCUT2D eigenvalue weighted by atomic mass is 35.5. The molecule has 0 radical (unpaired) electrons. The molecule has 9 nitrogen and oxygen atoms in total. The SMILES string of the molecule is C[C@@H](O)[C@H]1O[C@@H](n2ccc3c(=O)[nH]c(N)nc32)[C@@](O)(C#CCl)C1O. The summed E-state index contributed by atoms with van der Waals surface area (Å²) in [5.74, 6) is 2.19. The Bertz CT molecular complexity index is 898. The molecule has 6 N–H and O–H groups in total. The number of ether oxygens (including phenoxy) is 1. The number of fused-ring (bicyclic) bond motifs is 1. The Hall–Kier alpha value is -2.09. The van der Waals surface area contributed by atoms with Crippen LogP contribution in [0.1, 0.15) is 13.2 Å². The zero-order valence-corrected chi connectivity index (χ0v) is 13.2. The van der Waals surface area contributed by atoms with E-state index < -0.39 is 35.7 Å². The molecule has 0 amide bonds. The van der Waals surface area contributed by atoms with Crippen molar-refractivity contribution in [1.82, 2.24) is 14.5 Å². The molecule has 1 unspecified atom stereocenters. The molecule has 5 atom stereocenters. The Morgan fingerprint density at radius 2 is 2.33 bits per heavy atom. The molecule has 128 valence electrons. The highest BCUT2D eigenvalue weighted by Crippen LogP contribution is 2.40. The third kappa shape index (κ3) is 2.36. The standard InChI is InChI=1S/C14H15ClN4O5/c1-6(20)8-9(21)14(23,3-4-15)12(24-8)19-5-2-7-10(19)17-13(16)18-11(7)22/h2,5-6,8-9,12,20-21,23H,1H3,(H3,16,17,18,22)/t6-,8-,9?,12-,14-/m1/s1. The number of hydrogen-bond acceptors (Lipinski definition) is 7. The number of rotatable bonds is 2. The largest absolute Gasteiger partial charge is 0.391 e. The summed E-state index contributed by atoms with van der Waals surface area (Å²) < 4.78 is 6.91. The van der Waals surface area contributed by atoms with Crippen molar-refractivity contribution < 1.29 is 20.1 Å². The van der Waals surface area contributed by atoms with Crippen LogP contribution < -0.4 is 11.3 Å². The number of anilines is 1. The van der Waals surface area contributed by atoms with E-state index in [4.69, 9.17) is 22.1 Å². The Labute approximate surface area is 140 Å². The number of nitrogens with two attached hydrogens (primary N) is 1. The molecule has 1 aliphatic rings. The smallest absolute Gasteiger partial charge is 0.261 e. The van der Waals surface area contributed by atoms with Gasteiger partial charge in [0, 0.05) is 11.6 Å². The summed E-state index contributed by atoms with van der Waals surface area (Å²) in [6.07, 6.45) is -3.56. The Morgan fingerprint density at radius 3 is 2.96 bits per heavy atom. The fraction of sp³-hybridized carbons (Fsp3) is 0.429. The number of aliphatic hydroxyl groups is 3. The van der Waals surface area contributed by atoms with Gasteiger partial charge in [-0.1, -0.05) is 0 Å². The maximum atomic E-state index is 11.9. The summed E-state index contributed by atoms with van der Waals surface area (Å²) in [7, 11) is 0. The molecule has 1 aliphatic heterocycles. The lowest BCUT2D eigenvalue weighted by Crippen LogP contribution is -2.47. The normalized spacial score (nSPS) is 31.0. The van der Waals surface area contributed by atoms with Gasteiger partial charge in [-0.15, -0.1) is 0 Å². The van der Waals surface area contributed by atoms with Crippen LogP contribution in [0.3, 0.4) is 0 Å². The van der Waals surface area contributed by atoms with E-state index in [9.17, 15) is 20.1 Å². The third-order valence-electron chi connectivity index (χ3n) is 4.00. The van der Waals surface area contributed by atoms with Crippen molar-refractivity contribution in [2.24, 2.45) is 0 Å². The van der Waals surface area contributed by atoms with Gasteiger partial charge in [0.25, 0.3) is 5.56 Å². The lowest BCUT2D eigenvalue weighted by molar-refractivity contribution is -0.0844. The molecule has 3 heterocycles. The number of nitrogens with zero attached hydrogens (tertiary/aromatic N) is 2. The number of nitrogen functional groups attached to an aromatic ring is 1. The highest BCUT2D eigenvalue weighted by molar-refractivity contribution is 6.30. The second-order valence-corrected chi connectivity index (χ2v) is 5.78. The molecule has 1 fully saturated rings. The summed E-state index contributed by atoms with van der Waals surface area (Å²) in [6.45, 7) is 1.40. The van der Waals surface area contributed by atoms with Gasteiger partial charge in [-0.25, -0.2) is 0 Å². The van der Waals surface area contributed by atoms with Gasteiger partial charge in [0.15, 0.2) is 11.9 Å². The van der Waals surface area contributed by atoms with Gasteiger partial charge < -0.3 is 30.4 Å². The van der Waals surface area contributed by atoms with Crippen molar-refractivity contribution in [3.05, 3.63) is 22.6 Å². The zero-order valence-electron chi connectivity index (χ0n) is 12.5. The van der Waals surface area contributed by atoms with Gasteiger partial charge in [0.1, 0.15) is 12.2 Å². The molecule has 3 rings (SSSR count). The molecule has 24 heavy (non-hydrogen) atoms. The van der Waals surface area contributed by atoms with Gasteiger partial charge in [0.05, 0.1) is 11.5 Å². The van der Waals surface area contributed by atoms with Crippen LogP contribution in [0.2, 0.25) is 0 Å². The predicted octanol–water partition coefficient (Wildman–Crippen LogP) is -1.12. The van der Waals surface area contributed by atoms with Crippen molar-refractivity contribution in [2.45, 2.75) is 37.1 Å². The number of nitrogens with one attached hydrogen (secondary N) is 1. The number of hydrogen-bond donors (Lipinski definition) is 5. The number of aromatic nitrogens is 3. The van der Waals surface area contributed by atoms with E-state index in [1.165, 1.54) is 23.8 Å². The molecule has 0 aromatic carbocycles. The van der Waals surface area contributed by atoms with Crippen LogP contribution in [0.15, 0.2) is 17.1 Å². The fourth-order valence-electron chi connectivity index (χ4n) is 2.84. The summed E-state index contributed by atoms with van der Waals surface area (Å²) in [6, 6.07) is 1.46. The number of aromatic amines is 1. The van der Waals surface area contributed by atoms with Gasteiger partial charge in [-0.2, -0.15) is 4.98 Å². The van der Waals surface area contributed by atoms with E-state index >= 15 is 0 Å². The number of aliphatic hydroxyl groups excluding tert-OH is 2. The molecule has 10 heteroatoms. The minimum absolute atomic E-state index is 0.120. The average molecular weight is 355 g/mol. The van der Waals surface area contributed by atoms with E-state index in [0.29, 0.717) is 0 Å². The molecule has 2 aromatic rings. The van der Waals surface area contributed by atoms with E-state index in [2.05, 4.69) is 15.9 Å². The van der Waals surface area contributed by atoms with Crippen molar-refractivity contribution in [2.75, 3.05) is 5.73 Å². The molecule has 2 aromatic heterocycles. The Kier molecular flexibility index (Phi) is 4.03. The van der Waals surface area contributed by atoms with Gasteiger partial charge in [0.2, 0.25) is 11.5 Å². The Balaban J connectivity index is 2.20. The maximum absolute atomic E-state index is 11.9. The monoisotopic (exact) mass is 354 g/mol. The lowest BCUT2D eigenvalue weighted by Gasteiger charge is -2.26.